The largest absolute Gasteiger partial charge is 0.312 e. The summed E-state index contributed by atoms with van der Waals surface area (Å²) >= 11 is 0. The molecule has 2 heterocycles. The van der Waals surface area contributed by atoms with Crippen molar-refractivity contribution in [1.82, 2.24) is 19.7 Å². The van der Waals surface area contributed by atoms with E-state index in [1.54, 1.807) is 29.0 Å². The van der Waals surface area contributed by atoms with Crippen LogP contribution in [0.2, 0.25) is 0 Å². The molecule has 2 aromatic heterocycles. The normalized spacial score (nSPS) is 10.8. The smallest absolute Gasteiger partial charge is 0.229 e. The van der Waals surface area contributed by atoms with Gasteiger partial charge in [0.15, 0.2) is 0 Å². The topological polar surface area (TPSA) is 63.9 Å². The first-order chi connectivity index (χ1) is 9.00. The number of aryl methyl sites for hydroxylation is 1. The number of carbonyl (C=O) groups excluding carboxylic acids is 1. The molecule has 0 radical (unpaired) electrons. The number of rotatable bonds is 3. The first kappa shape index (κ1) is 13.2. The van der Waals surface area contributed by atoms with Crippen molar-refractivity contribution in [2.24, 2.45) is 5.92 Å². The number of amides is 1. The zero-order valence-corrected chi connectivity index (χ0v) is 11.5. The monoisotopic (exact) mass is 259 g/mol. The second kappa shape index (κ2) is 5.17. The van der Waals surface area contributed by atoms with Crippen molar-refractivity contribution in [2.75, 3.05) is 11.9 Å². The first-order valence-corrected chi connectivity index (χ1v) is 6.10. The third-order valence-electron chi connectivity index (χ3n) is 2.87. The fourth-order valence-corrected chi connectivity index (χ4v) is 1.83. The van der Waals surface area contributed by atoms with Gasteiger partial charge in [-0.1, -0.05) is 13.8 Å². The number of anilines is 1. The molecular weight excluding hydrogens is 242 g/mol. The van der Waals surface area contributed by atoms with Crippen LogP contribution in [0.25, 0.3) is 5.69 Å². The van der Waals surface area contributed by atoms with Gasteiger partial charge in [0.05, 0.1) is 30.0 Å². The molecule has 100 valence electrons. The van der Waals surface area contributed by atoms with Gasteiger partial charge >= 0.3 is 0 Å². The third-order valence-corrected chi connectivity index (χ3v) is 2.87. The predicted octanol–water partition coefficient (Wildman–Crippen LogP) is 1.59. The zero-order chi connectivity index (χ0) is 14.0. The lowest BCUT2D eigenvalue weighted by Crippen LogP contribution is -2.30. The molecule has 19 heavy (non-hydrogen) atoms. The van der Waals surface area contributed by atoms with E-state index >= 15 is 0 Å². The molecule has 0 aromatic carbocycles. The van der Waals surface area contributed by atoms with Crippen molar-refractivity contribution in [2.45, 2.75) is 20.8 Å². The maximum absolute atomic E-state index is 12.0. The summed E-state index contributed by atoms with van der Waals surface area (Å²) in [7, 11) is 1.76. The highest BCUT2D eigenvalue weighted by Crippen LogP contribution is 2.20. The van der Waals surface area contributed by atoms with E-state index in [2.05, 4.69) is 15.1 Å². The highest BCUT2D eigenvalue weighted by atomic mass is 16.2. The van der Waals surface area contributed by atoms with Crippen LogP contribution in [0, 0.1) is 12.8 Å². The lowest BCUT2D eigenvalue weighted by molar-refractivity contribution is -0.121. The maximum atomic E-state index is 12.0. The Morgan fingerprint density at radius 3 is 2.53 bits per heavy atom. The molecule has 2 aromatic rings. The Morgan fingerprint density at radius 2 is 1.95 bits per heavy atom. The molecule has 0 bridgehead atoms. The molecule has 0 unspecified atom stereocenters. The van der Waals surface area contributed by atoms with Crippen molar-refractivity contribution in [3.8, 4) is 5.69 Å². The Hall–Kier alpha value is -2.24. The lowest BCUT2D eigenvalue weighted by Gasteiger charge is -2.18. The van der Waals surface area contributed by atoms with E-state index in [0.717, 1.165) is 17.1 Å². The van der Waals surface area contributed by atoms with E-state index in [1.807, 2.05) is 27.0 Å². The van der Waals surface area contributed by atoms with E-state index < -0.39 is 0 Å². The Balaban J connectivity index is 2.34. The van der Waals surface area contributed by atoms with E-state index in [1.165, 1.54) is 6.33 Å². The van der Waals surface area contributed by atoms with Gasteiger partial charge in [-0.3, -0.25) is 4.79 Å². The van der Waals surface area contributed by atoms with Crippen molar-refractivity contribution >= 4 is 11.6 Å². The predicted molar refractivity (Wildman–Crippen MR) is 72.1 cm³/mol. The molecule has 0 N–H and O–H groups in total. The summed E-state index contributed by atoms with van der Waals surface area (Å²) in [4.78, 5) is 21.5. The molecule has 0 saturated carbocycles. The van der Waals surface area contributed by atoms with Gasteiger partial charge < -0.3 is 4.90 Å². The number of hydrogen-bond acceptors (Lipinski definition) is 4. The number of nitrogens with zero attached hydrogens (tertiary/aromatic N) is 5. The van der Waals surface area contributed by atoms with Gasteiger partial charge in [0, 0.05) is 13.0 Å². The van der Waals surface area contributed by atoms with E-state index in [4.69, 9.17) is 0 Å². The molecule has 0 fully saturated rings. The van der Waals surface area contributed by atoms with Crippen LogP contribution in [0.1, 0.15) is 19.5 Å². The zero-order valence-electron chi connectivity index (χ0n) is 11.5. The van der Waals surface area contributed by atoms with Crippen LogP contribution in [-0.2, 0) is 4.79 Å². The van der Waals surface area contributed by atoms with Crippen molar-refractivity contribution < 1.29 is 4.79 Å². The Kier molecular flexibility index (Phi) is 3.59. The van der Waals surface area contributed by atoms with Crippen molar-refractivity contribution in [1.29, 1.82) is 0 Å². The molecule has 2 rings (SSSR count). The summed E-state index contributed by atoms with van der Waals surface area (Å²) < 4.78 is 1.68. The van der Waals surface area contributed by atoms with Gasteiger partial charge in [0.1, 0.15) is 12.0 Å². The minimum absolute atomic E-state index is 0.0483. The van der Waals surface area contributed by atoms with Gasteiger partial charge in [-0.15, -0.1) is 0 Å². The van der Waals surface area contributed by atoms with Crippen LogP contribution in [0.15, 0.2) is 24.9 Å². The quantitative estimate of drug-likeness (QED) is 0.839. The lowest BCUT2D eigenvalue weighted by atomic mass is 10.2. The Morgan fingerprint density at radius 1 is 1.32 bits per heavy atom. The second-order valence-electron chi connectivity index (χ2n) is 4.69. The molecule has 0 aliphatic rings. The fourth-order valence-electron chi connectivity index (χ4n) is 1.83. The van der Waals surface area contributed by atoms with Gasteiger partial charge in [0.25, 0.3) is 0 Å². The molecular formula is C13H17N5O. The second-order valence-corrected chi connectivity index (χ2v) is 4.69. The van der Waals surface area contributed by atoms with Crippen LogP contribution in [0.4, 0.5) is 5.69 Å². The Labute approximate surface area is 112 Å². The Bertz CT molecular complexity index is 576. The van der Waals surface area contributed by atoms with E-state index in [-0.39, 0.29) is 11.8 Å². The SMILES string of the molecule is Cc1nn(-c2cncnc2)cc1N(C)C(=O)C(C)C. The number of hydrogen-bond donors (Lipinski definition) is 0. The van der Waals surface area contributed by atoms with Gasteiger partial charge in [-0.2, -0.15) is 5.10 Å². The average molecular weight is 259 g/mol. The van der Waals surface area contributed by atoms with Gasteiger partial charge in [-0.25, -0.2) is 14.6 Å². The molecule has 0 atom stereocenters. The standard InChI is InChI=1S/C13H17N5O/c1-9(2)13(19)17(4)12-7-18(16-10(12)3)11-5-14-8-15-6-11/h5-9H,1-4H3. The minimum Gasteiger partial charge on any atom is -0.312 e. The van der Waals surface area contributed by atoms with Crippen molar-refractivity contribution in [3.05, 3.63) is 30.6 Å². The molecule has 6 heteroatoms. The van der Waals surface area contributed by atoms with Crippen molar-refractivity contribution in [3.63, 3.8) is 0 Å². The summed E-state index contributed by atoms with van der Waals surface area (Å²) in [5.74, 6) is 0.0137. The summed E-state index contributed by atoms with van der Waals surface area (Å²) in [6, 6.07) is 0. The molecule has 1 amide bonds. The summed E-state index contributed by atoms with van der Waals surface area (Å²) in [5.41, 5.74) is 2.35. The van der Waals surface area contributed by atoms with Gasteiger partial charge in [-0.05, 0) is 6.92 Å². The third kappa shape index (κ3) is 2.62. The number of aromatic nitrogens is 4. The fraction of sp³-hybridized carbons (Fsp3) is 0.385. The van der Waals surface area contributed by atoms with Crippen LogP contribution in [0.3, 0.4) is 0 Å². The molecule has 0 aliphatic carbocycles. The maximum Gasteiger partial charge on any atom is 0.229 e. The average Bonchev–Trinajstić information content (AvgIpc) is 2.80. The number of carbonyl (C=O) groups is 1. The van der Waals surface area contributed by atoms with E-state index in [0.29, 0.717) is 0 Å². The molecule has 6 nitrogen and oxygen atoms in total. The first-order valence-electron chi connectivity index (χ1n) is 6.10. The highest BCUT2D eigenvalue weighted by Gasteiger charge is 2.18. The molecule has 0 spiro atoms. The minimum atomic E-state index is -0.0483. The van der Waals surface area contributed by atoms with Crippen LogP contribution < -0.4 is 4.90 Å². The summed E-state index contributed by atoms with van der Waals surface area (Å²) in [6.07, 6.45) is 6.63. The summed E-state index contributed by atoms with van der Waals surface area (Å²) in [6.45, 7) is 5.63. The van der Waals surface area contributed by atoms with Crippen LogP contribution >= 0.6 is 0 Å². The summed E-state index contributed by atoms with van der Waals surface area (Å²) in [5, 5.41) is 4.39. The van der Waals surface area contributed by atoms with E-state index in [9.17, 15) is 4.79 Å². The van der Waals surface area contributed by atoms with Crippen LogP contribution in [0.5, 0.6) is 0 Å². The molecule has 0 saturated heterocycles. The van der Waals surface area contributed by atoms with Gasteiger partial charge in [0.2, 0.25) is 5.91 Å². The highest BCUT2D eigenvalue weighted by molar-refractivity contribution is 5.94. The molecule has 0 aliphatic heterocycles. The van der Waals surface area contributed by atoms with Crippen LogP contribution in [-0.4, -0.2) is 32.7 Å².